The van der Waals surface area contributed by atoms with Gasteiger partial charge < -0.3 is 20.1 Å². The largest absolute Gasteiger partial charge is 0.491 e. The molecule has 0 radical (unpaired) electrons. The Morgan fingerprint density at radius 3 is 2.72 bits per heavy atom. The van der Waals surface area contributed by atoms with Gasteiger partial charge in [0.1, 0.15) is 12.4 Å². The fraction of sp³-hybridized carbons (Fsp3) is 0.524. The molecule has 0 unspecified atom stereocenters. The topological polar surface area (TPSA) is 67.8 Å². The Bertz CT molecular complexity index is 752. The van der Waals surface area contributed by atoms with E-state index in [1.54, 1.807) is 18.4 Å². The summed E-state index contributed by atoms with van der Waals surface area (Å²) in [5, 5.41) is 10.0. The number of aryl methyl sites for hydroxylation is 2. The normalized spacial score (nSPS) is 11.1. The van der Waals surface area contributed by atoms with E-state index in [0.717, 1.165) is 42.4 Å². The zero-order valence-corrected chi connectivity index (χ0v) is 20.9. The zero-order valence-electron chi connectivity index (χ0n) is 17.8. The summed E-state index contributed by atoms with van der Waals surface area (Å²) >= 11 is 1.73. The van der Waals surface area contributed by atoms with Crippen LogP contribution in [0.1, 0.15) is 35.7 Å². The number of aliphatic imine (C=N–C) groups is 1. The van der Waals surface area contributed by atoms with Crippen LogP contribution in [0.4, 0.5) is 0 Å². The number of ether oxygens (including phenoxy) is 2. The molecule has 29 heavy (non-hydrogen) atoms. The van der Waals surface area contributed by atoms with Gasteiger partial charge >= 0.3 is 0 Å². The molecule has 0 aliphatic carbocycles. The van der Waals surface area contributed by atoms with Gasteiger partial charge in [0.05, 0.1) is 17.3 Å². The highest BCUT2D eigenvalue weighted by Crippen LogP contribution is 2.20. The van der Waals surface area contributed by atoms with Crippen molar-refractivity contribution in [2.45, 2.75) is 40.2 Å². The first-order valence-electron chi connectivity index (χ1n) is 9.84. The molecule has 1 heterocycles. The molecule has 2 aromatic rings. The lowest BCUT2D eigenvalue weighted by Gasteiger charge is -2.15. The molecule has 0 saturated carbocycles. The second kappa shape index (κ2) is 14.6. The molecule has 162 valence electrons. The average Bonchev–Trinajstić information content (AvgIpc) is 3.17. The van der Waals surface area contributed by atoms with E-state index in [1.807, 2.05) is 6.92 Å². The van der Waals surface area contributed by atoms with Crippen molar-refractivity contribution in [2.24, 2.45) is 4.99 Å². The molecule has 0 fully saturated rings. The van der Waals surface area contributed by atoms with Gasteiger partial charge in [-0.1, -0.05) is 19.1 Å². The summed E-state index contributed by atoms with van der Waals surface area (Å²) in [6.45, 7) is 9.45. The maximum Gasteiger partial charge on any atom is 0.191 e. The SMILES string of the molecule is CCOCCOc1cc(C)ccc1CNC(=NC)NCCc1csc(CC)n1.I. The Kier molecular flexibility index (Phi) is 12.9. The van der Waals surface area contributed by atoms with E-state index in [4.69, 9.17) is 9.47 Å². The van der Waals surface area contributed by atoms with Gasteiger partial charge in [0.2, 0.25) is 0 Å². The first-order valence-corrected chi connectivity index (χ1v) is 10.7. The molecule has 6 nitrogen and oxygen atoms in total. The standard InChI is InChI=1S/C21H32N4O2S.HI/c1-5-20-25-18(15-28-20)9-10-23-21(22-4)24-14-17-8-7-16(3)13-19(17)27-12-11-26-6-2;/h7-8,13,15H,5-6,9-12,14H2,1-4H3,(H2,22,23,24);1H. The summed E-state index contributed by atoms with van der Waals surface area (Å²) in [4.78, 5) is 8.90. The number of guanidine groups is 1. The monoisotopic (exact) mass is 532 g/mol. The van der Waals surface area contributed by atoms with Crippen LogP contribution in [0.2, 0.25) is 0 Å². The van der Waals surface area contributed by atoms with E-state index in [9.17, 15) is 0 Å². The number of thiazole rings is 1. The molecule has 1 aromatic carbocycles. The molecule has 0 aliphatic heterocycles. The highest BCUT2D eigenvalue weighted by atomic mass is 127. The van der Waals surface area contributed by atoms with Gasteiger partial charge in [-0.05, 0) is 31.9 Å². The summed E-state index contributed by atoms with van der Waals surface area (Å²) in [6.07, 6.45) is 1.88. The average molecular weight is 532 g/mol. The quantitative estimate of drug-likeness (QED) is 0.199. The van der Waals surface area contributed by atoms with Crippen molar-refractivity contribution < 1.29 is 9.47 Å². The summed E-state index contributed by atoms with van der Waals surface area (Å²) in [5.74, 6) is 1.66. The predicted octanol–water partition coefficient (Wildman–Crippen LogP) is 3.95. The van der Waals surface area contributed by atoms with Gasteiger partial charge in [0, 0.05) is 44.1 Å². The molecule has 0 amide bonds. The molecule has 0 saturated heterocycles. The number of hydrogen-bond acceptors (Lipinski definition) is 5. The molecule has 2 N–H and O–H groups in total. The number of aromatic nitrogens is 1. The first kappa shape index (κ1) is 25.6. The third kappa shape index (κ3) is 9.31. The second-order valence-electron chi connectivity index (χ2n) is 6.35. The van der Waals surface area contributed by atoms with Crippen molar-refractivity contribution in [1.82, 2.24) is 15.6 Å². The van der Waals surface area contributed by atoms with Crippen LogP contribution in [-0.2, 0) is 24.1 Å². The van der Waals surface area contributed by atoms with Crippen molar-refractivity contribution >= 4 is 41.3 Å². The van der Waals surface area contributed by atoms with Crippen molar-refractivity contribution in [3.63, 3.8) is 0 Å². The van der Waals surface area contributed by atoms with Crippen molar-refractivity contribution in [3.8, 4) is 5.75 Å². The summed E-state index contributed by atoms with van der Waals surface area (Å²) < 4.78 is 11.3. The van der Waals surface area contributed by atoms with Crippen LogP contribution >= 0.6 is 35.3 Å². The predicted molar refractivity (Wildman–Crippen MR) is 132 cm³/mol. The second-order valence-corrected chi connectivity index (χ2v) is 7.29. The zero-order chi connectivity index (χ0) is 20.2. The van der Waals surface area contributed by atoms with Crippen LogP contribution in [-0.4, -0.2) is 44.4 Å². The lowest BCUT2D eigenvalue weighted by Crippen LogP contribution is -2.38. The van der Waals surface area contributed by atoms with Gasteiger partial charge in [0.15, 0.2) is 5.96 Å². The number of hydrogen-bond donors (Lipinski definition) is 2. The molecule has 0 spiro atoms. The van der Waals surface area contributed by atoms with Crippen LogP contribution < -0.4 is 15.4 Å². The Morgan fingerprint density at radius 1 is 1.21 bits per heavy atom. The van der Waals surface area contributed by atoms with E-state index < -0.39 is 0 Å². The molecule has 0 bridgehead atoms. The van der Waals surface area contributed by atoms with Crippen LogP contribution in [0.25, 0.3) is 0 Å². The van der Waals surface area contributed by atoms with Crippen LogP contribution in [0.3, 0.4) is 0 Å². The minimum absolute atomic E-state index is 0. The Balaban J connectivity index is 0.00000420. The number of nitrogens with zero attached hydrogens (tertiary/aromatic N) is 2. The van der Waals surface area contributed by atoms with Crippen LogP contribution in [0, 0.1) is 6.92 Å². The number of benzene rings is 1. The minimum Gasteiger partial charge on any atom is -0.491 e. The number of halogens is 1. The molecule has 1 aromatic heterocycles. The van der Waals surface area contributed by atoms with Crippen molar-refractivity contribution in [3.05, 3.63) is 45.4 Å². The highest BCUT2D eigenvalue weighted by Gasteiger charge is 2.07. The number of rotatable bonds is 11. The van der Waals surface area contributed by atoms with Crippen LogP contribution in [0.15, 0.2) is 28.6 Å². The van der Waals surface area contributed by atoms with Crippen molar-refractivity contribution in [1.29, 1.82) is 0 Å². The third-order valence-corrected chi connectivity index (χ3v) is 5.20. The van der Waals surface area contributed by atoms with E-state index in [2.05, 4.69) is 58.0 Å². The van der Waals surface area contributed by atoms with E-state index in [1.165, 1.54) is 10.6 Å². The fourth-order valence-electron chi connectivity index (χ4n) is 2.63. The Labute approximate surface area is 195 Å². The molecule has 2 rings (SSSR count). The van der Waals surface area contributed by atoms with Gasteiger partial charge in [-0.25, -0.2) is 4.98 Å². The molecule has 8 heteroatoms. The maximum absolute atomic E-state index is 5.91. The maximum atomic E-state index is 5.91. The van der Waals surface area contributed by atoms with Crippen molar-refractivity contribution in [2.75, 3.05) is 33.4 Å². The van der Waals surface area contributed by atoms with Gasteiger partial charge in [-0.2, -0.15) is 0 Å². The van der Waals surface area contributed by atoms with E-state index >= 15 is 0 Å². The Morgan fingerprint density at radius 2 is 2.03 bits per heavy atom. The lowest BCUT2D eigenvalue weighted by molar-refractivity contribution is 0.110. The van der Waals surface area contributed by atoms with E-state index in [-0.39, 0.29) is 24.0 Å². The summed E-state index contributed by atoms with van der Waals surface area (Å²) in [5.41, 5.74) is 3.40. The lowest BCUT2D eigenvalue weighted by atomic mass is 10.1. The summed E-state index contributed by atoms with van der Waals surface area (Å²) in [6, 6.07) is 6.25. The molecule has 0 aliphatic rings. The molecule has 0 atom stereocenters. The molecular weight excluding hydrogens is 499 g/mol. The summed E-state index contributed by atoms with van der Waals surface area (Å²) in [7, 11) is 1.78. The first-order chi connectivity index (χ1) is 13.7. The Hall–Kier alpha value is -1.39. The number of nitrogens with one attached hydrogen (secondary N) is 2. The smallest absolute Gasteiger partial charge is 0.191 e. The molecular formula is C21H33IN4O2S. The van der Waals surface area contributed by atoms with Gasteiger partial charge in [-0.3, -0.25) is 4.99 Å². The minimum atomic E-state index is 0. The van der Waals surface area contributed by atoms with Crippen LogP contribution in [0.5, 0.6) is 5.75 Å². The fourth-order valence-corrected chi connectivity index (χ4v) is 3.41. The highest BCUT2D eigenvalue weighted by molar-refractivity contribution is 14.0. The van der Waals surface area contributed by atoms with Gasteiger partial charge in [-0.15, -0.1) is 35.3 Å². The van der Waals surface area contributed by atoms with Gasteiger partial charge in [0.25, 0.3) is 0 Å². The third-order valence-electron chi connectivity index (χ3n) is 4.16. The van der Waals surface area contributed by atoms with E-state index in [0.29, 0.717) is 26.4 Å².